The summed E-state index contributed by atoms with van der Waals surface area (Å²) >= 11 is 3.58. The molecule has 1 nitrogen and oxygen atoms in total. The van der Waals surface area contributed by atoms with Crippen molar-refractivity contribution in [2.75, 3.05) is 0 Å². The number of hydrogen-bond acceptors (Lipinski definition) is 3. The second-order valence-electron chi connectivity index (χ2n) is 4.03. The minimum Gasteiger partial charge on any atom is -0.389 e. The smallest absolute Gasteiger partial charge is 0.0762 e. The van der Waals surface area contributed by atoms with Gasteiger partial charge < -0.3 is 5.11 Å². The highest BCUT2D eigenvalue weighted by atomic mass is 32.2. The molecular formula is C14H12OS2. The first-order valence-electron chi connectivity index (χ1n) is 5.51. The molecule has 1 aliphatic heterocycles. The number of benzene rings is 2. The number of aliphatic hydroxyl groups excluding tert-OH is 1. The summed E-state index contributed by atoms with van der Waals surface area (Å²) < 4.78 is 0. The fourth-order valence-electron chi connectivity index (χ4n) is 1.80. The molecule has 1 heterocycles. The molecule has 0 spiro atoms. The fraction of sp³-hybridized carbons (Fsp3) is 0.143. The van der Waals surface area contributed by atoms with E-state index in [0.717, 1.165) is 5.56 Å². The van der Waals surface area contributed by atoms with Gasteiger partial charge in [-0.25, -0.2) is 0 Å². The average Bonchev–Trinajstić information content (AvgIpc) is 2.35. The first-order chi connectivity index (χ1) is 8.24. The molecule has 1 aliphatic rings. The highest BCUT2D eigenvalue weighted by Gasteiger charge is 2.17. The van der Waals surface area contributed by atoms with E-state index in [1.807, 2.05) is 6.07 Å². The van der Waals surface area contributed by atoms with Gasteiger partial charge in [0.2, 0.25) is 0 Å². The van der Waals surface area contributed by atoms with Crippen LogP contribution in [0.25, 0.3) is 0 Å². The first-order valence-corrected chi connectivity index (χ1v) is 7.14. The van der Waals surface area contributed by atoms with E-state index in [0.29, 0.717) is 0 Å². The molecule has 0 radical (unpaired) electrons. The molecule has 0 aliphatic carbocycles. The molecule has 0 unspecified atom stereocenters. The Labute approximate surface area is 109 Å². The largest absolute Gasteiger partial charge is 0.389 e. The number of aliphatic hydroxyl groups is 1. The summed E-state index contributed by atoms with van der Waals surface area (Å²) in [4.78, 5) is 5.13. The predicted octanol–water partition coefficient (Wildman–Crippen LogP) is 4.36. The van der Waals surface area contributed by atoms with Crippen molar-refractivity contribution in [3.05, 3.63) is 48.0 Å². The Morgan fingerprint density at radius 3 is 2.12 bits per heavy atom. The van der Waals surface area contributed by atoms with E-state index in [2.05, 4.69) is 36.4 Å². The minimum absolute atomic E-state index is 0.400. The number of hydrogen-bond donors (Lipinski definition) is 1. The van der Waals surface area contributed by atoms with Crippen molar-refractivity contribution in [2.24, 2.45) is 0 Å². The first kappa shape index (κ1) is 11.2. The van der Waals surface area contributed by atoms with Crippen LogP contribution in [0.1, 0.15) is 18.6 Å². The fourth-order valence-corrected chi connectivity index (χ4v) is 4.07. The second kappa shape index (κ2) is 4.41. The van der Waals surface area contributed by atoms with Gasteiger partial charge in [0.15, 0.2) is 0 Å². The molecule has 0 aromatic heterocycles. The van der Waals surface area contributed by atoms with Crippen LogP contribution in [0.2, 0.25) is 0 Å². The van der Waals surface area contributed by atoms with Gasteiger partial charge in [0.05, 0.1) is 6.10 Å². The molecule has 0 amide bonds. The van der Waals surface area contributed by atoms with Crippen LogP contribution in [0.4, 0.5) is 0 Å². The van der Waals surface area contributed by atoms with E-state index in [-0.39, 0.29) is 0 Å². The van der Waals surface area contributed by atoms with Crippen LogP contribution < -0.4 is 0 Å². The van der Waals surface area contributed by atoms with E-state index in [1.54, 1.807) is 30.4 Å². The second-order valence-corrected chi connectivity index (χ2v) is 6.20. The lowest BCUT2D eigenvalue weighted by Gasteiger charge is -2.19. The maximum absolute atomic E-state index is 9.60. The van der Waals surface area contributed by atoms with Gasteiger partial charge in [-0.15, -0.1) is 0 Å². The Kier molecular flexibility index (Phi) is 2.90. The maximum Gasteiger partial charge on any atom is 0.0762 e. The zero-order chi connectivity index (χ0) is 11.8. The predicted molar refractivity (Wildman–Crippen MR) is 71.8 cm³/mol. The molecule has 3 rings (SSSR count). The van der Waals surface area contributed by atoms with Crippen molar-refractivity contribution in [2.45, 2.75) is 32.6 Å². The molecule has 86 valence electrons. The highest BCUT2D eigenvalue weighted by molar-refractivity contribution is 8.05. The molecule has 2 aromatic rings. The standard InChI is InChI=1S/C14H12OS2/c1-9(15)10-6-7-13-14(8-10)17-12-5-3-2-4-11(12)16-13/h2-9,15H,1H3/t9-/m1/s1. The minimum atomic E-state index is -0.400. The van der Waals surface area contributed by atoms with E-state index in [1.165, 1.54) is 19.6 Å². The molecule has 1 N–H and O–H groups in total. The van der Waals surface area contributed by atoms with Gasteiger partial charge in [0.1, 0.15) is 0 Å². The third kappa shape index (κ3) is 2.10. The zero-order valence-corrected chi connectivity index (χ0v) is 11.0. The van der Waals surface area contributed by atoms with Crippen LogP contribution in [0, 0.1) is 0 Å². The summed E-state index contributed by atoms with van der Waals surface area (Å²) in [7, 11) is 0. The molecular weight excluding hydrogens is 248 g/mol. The summed E-state index contributed by atoms with van der Waals surface area (Å²) in [6.45, 7) is 1.80. The highest BCUT2D eigenvalue weighted by Crippen LogP contribution is 2.48. The van der Waals surface area contributed by atoms with Crippen LogP contribution in [0.3, 0.4) is 0 Å². The summed E-state index contributed by atoms with van der Waals surface area (Å²) in [5.41, 5.74) is 0.983. The number of fused-ring (bicyclic) bond motifs is 2. The maximum atomic E-state index is 9.60. The summed E-state index contributed by atoms with van der Waals surface area (Å²) in [6.07, 6.45) is -0.400. The Morgan fingerprint density at radius 1 is 0.882 bits per heavy atom. The molecule has 3 heteroatoms. The van der Waals surface area contributed by atoms with E-state index in [4.69, 9.17) is 0 Å². The number of rotatable bonds is 1. The van der Waals surface area contributed by atoms with Crippen molar-refractivity contribution in [1.82, 2.24) is 0 Å². The lowest BCUT2D eigenvalue weighted by molar-refractivity contribution is 0.199. The van der Waals surface area contributed by atoms with Crippen molar-refractivity contribution in [3.63, 3.8) is 0 Å². The van der Waals surface area contributed by atoms with Gasteiger partial charge in [-0.2, -0.15) is 0 Å². The monoisotopic (exact) mass is 260 g/mol. The zero-order valence-electron chi connectivity index (χ0n) is 9.38. The van der Waals surface area contributed by atoms with Gasteiger partial charge in [-0.05, 0) is 36.8 Å². The van der Waals surface area contributed by atoms with Crippen molar-refractivity contribution in [3.8, 4) is 0 Å². The molecule has 1 atom stereocenters. The van der Waals surface area contributed by atoms with Gasteiger partial charge in [0.25, 0.3) is 0 Å². The average molecular weight is 260 g/mol. The Bertz CT molecular complexity index is 564. The van der Waals surface area contributed by atoms with Crippen molar-refractivity contribution in [1.29, 1.82) is 0 Å². The van der Waals surface area contributed by atoms with Crippen LogP contribution in [0.5, 0.6) is 0 Å². The summed E-state index contributed by atoms with van der Waals surface area (Å²) in [5, 5.41) is 9.60. The molecule has 0 bridgehead atoms. The summed E-state index contributed by atoms with van der Waals surface area (Å²) in [6, 6.07) is 14.6. The van der Waals surface area contributed by atoms with Gasteiger partial charge in [-0.1, -0.05) is 41.7 Å². The SMILES string of the molecule is C[C@@H](O)c1ccc2c(c1)Sc1ccccc1S2. The van der Waals surface area contributed by atoms with Crippen LogP contribution >= 0.6 is 23.5 Å². The third-order valence-electron chi connectivity index (χ3n) is 2.74. The Hall–Kier alpha value is -0.900. The lowest BCUT2D eigenvalue weighted by atomic mass is 10.1. The van der Waals surface area contributed by atoms with Crippen LogP contribution in [-0.2, 0) is 0 Å². The van der Waals surface area contributed by atoms with Gasteiger partial charge in [-0.3, -0.25) is 0 Å². The van der Waals surface area contributed by atoms with E-state index < -0.39 is 6.10 Å². The third-order valence-corrected chi connectivity index (χ3v) is 5.28. The quantitative estimate of drug-likeness (QED) is 0.702. The topological polar surface area (TPSA) is 20.2 Å². The lowest BCUT2D eigenvalue weighted by Crippen LogP contribution is -1.94. The summed E-state index contributed by atoms with van der Waals surface area (Å²) in [5.74, 6) is 0. The molecule has 0 fully saturated rings. The van der Waals surface area contributed by atoms with Crippen molar-refractivity contribution >= 4 is 23.5 Å². The van der Waals surface area contributed by atoms with E-state index in [9.17, 15) is 5.11 Å². The van der Waals surface area contributed by atoms with Crippen LogP contribution in [0.15, 0.2) is 62.0 Å². The molecule has 2 aromatic carbocycles. The van der Waals surface area contributed by atoms with Crippen molar-refractivity contribution < 1.29 is 5.11 Å². The van der Waals surface area contributed by atoms with Gasteiger partial charge in [0, 0.05) is 19.6 Å². The molecule has 0 saturated carbocycles. The van der Waals surface area contributed by atoms with Gasteiger partial charge >= 0.3 is 0 Å². The normalized spacial score (nSPS) is 14.9. The van der Waals surface area contributed by atoms with Crippen LogP contribution in [-0.4, -0.2) is 5.11 Å². The molecule has 0 saturated heterocycles. The Balaban J connectivity index is 2.03. The Morgan fingerprint density at radius 2 is 1.47 bits per heavy atom. The molecule has 17 heavy (non-hydrogen) atoms. The van der Waals surface area contributed by atoms with E-state index >= 15 is 0 Å².